The molecule has 0 spiro atoms. The normalized spacial score (nSPS) is 13.8. The molecule has 2 atom stereocenters. The predicted octanol–water partition coefficient (Wildman–Crippen LogP) is 3.37. The molecule has 0 amide bonds. The Labute approximate surface area is 131 Å². The highest BCUT2D eigenvalue weighted by Gasteiger charge is 2.25. The van der Waals surface area contributed by atoms with E-state index in [1.54, 1.807) is 43.5 Å². The number of halogens is 2. The topological polar surface area (TPSA) is 55.5 Å². The standard InChI is InChI=1S/C16H17BrFNO2/c1-21-10-6-7-14(17)12(8-10)16(20)13(9-19)11-4-2-3-5-15(11)18/h2-8,13,16,20H,9,19H2,1H3. The molecule has 3 N–H and O–H groups in total. The zero-order valence-electron chi connectivity index (χ0n) is 11.6. The van der Waals surface area contributed by atoms with Gasteiger partial charge in [0.25, 0.3) is 0 Å². The molecule has 112 valence electrons. The fourth-order valence-electron chi connectivity index (χ4n) is 2.29. The highest BCUT2D eigenvalue weighted by atomic mass is 79.9. The van der Waals surface area contributed by atoms with E-state index < -0.39 is 12.0 Å². The number of nitrogens with two attached hydrogens (primary N) is 1. The Hall–Kier alpha value is -1.43. The van der Waals surface area contributed by atoms with E-state index in [0.717, 1.165) is 4.47 Å². The van der Waals surface area contributed by atoms with Crippen LogP contribution in [0.25, 0.3) is 0 Å². The van der Waals surface area contributed by atoms with Gasteiger partial charge in [-0.25, -0.2) is 4.39 Å². The van der Waals surface area contributed by atoms with E-state index in [1.807, 2.05) is 0 Å². The second kappa shape index (κ2) is 7.02. The monoisotopic (exact) mass is 353 g/mol. The molecule has 2 unspecified atom stereocenters. The molecule has 0 radical (unpaired) electrons. The van der Waals surface area contributed by atoms with E-state index in [2.05, 4.69) is 15.9 Å². The third-order valence-corrected chi connectivity index (χ3v) is 4.18. The molecule has 2 aromatic carbocycles. The van der Waals surface area contributed by atoms with Crippen molar-refractivity contribution in [2.24, 2.45) is 5.73 Å². The first-order valence-electron chi connectivity index (χ1n) is 6.54. The Morgan fingerprint density at radius 2 is 1.95 bits per heavy atom. The average molecular weight is 354 g/mol. The smallest absolute Gasteiger partial charge is 0.126 e. The molecule has 0 aliphatic rings. The number of aliphatic hydroxyl groups excluding tert-OH is 1. The van der Waals surface area contributed by atoms with E-state index in [1.165, 1.54) is 6.07 Å². The summed E-state index contributed by atoms with van der Waals surface area (Å²) in [5.41, 5.74) is 6.78. The summed E-state index contributed by atoms with van der Waals surface area (Å²) in [7, 11) is 1.55. The van der Waals surface area contributed by atoms with Crippen molar-refractivity contribution in [2.75, 3.05) is 13.7 Å². The molecular weight excluding hydrogens is 337 g/mol. The van der Waals surface area contributed by atoms with E-state index in [-0.39, 0.29) is 12.4 Å². The van der Waals surface area contributed by atoms with Crippen molar-refractivity contribution in [3.8, 4) is 5.75 Å². The van der Waals surface area contributed by atoms with Gasteiger partial charge in [-0.3, -0.25) is 0 Å². The van der Waals surface area contributed by atoms with Crippen LogP contribution < -0.4 is 10.5 Å². The van der Waals surface area contributed by atoms with E-state index in [4.69, 9.17) is 10.5 Å². The SMILES string of the molecule is COc1ccc(Br)c(C(O)C(CN)c2ccccc2F)c1. The molecule has 0 heterocycles. The van der Waals surface area contributed by atoms with Crippen LogP contribution in [0, 0.1) is 5.82 Å². The lowest BCUT2D eigenvalue weighted by Crippen LogP contribution is -2.21. The van der Waals surface area contributed by atoms with Crippen molar-refractivity contribution in [1.29, 1.82) is 0 Å². The first kappa shape index (κ1) is 15.9. The van der Waals surface area contributed by atoms with E-state index in [9.17, 15) is 9.50 Å². The van der Waals surface area contributed by atoms with Crippen LogP contribution in [0.15, 0.2) is 46.9 Å². The Balaban J connectivity index is 2.41. The lowest BCUT2D eigenvalue weighted by atomic mass is 9.89. The van der Waals surface area contributed by atoms with Crippen LogP contribution >= 0.6 is 15.9 Å². The molecular formula is C16H17BrFNO2. The highest BCUT2D eigenvalue weighted by molar-refractivity contribution is 9.10. The van der Waals surface area contributed by atoms with Crippen LogP contribution in [-0.4, -0.2) is 18.8 Å². The van der Waals surface area contributed by atoms with Gasteiger partial charge in [0.1, 0.15) is 11.6 Å². The maximum absolute atomic E-state index is 13.9. The number of ether oxygens (including phenoxy) is 1. The van der Waals surface area contributed by atoms with Crippen molar-refractivity contribution in [3.05, 3.63) is 63.9 Å². The first-order valence-corrected chi connectivity index (χ1v) is 7.33. The first-order chi connectivity index (χ1) is 10.1. The Kier molecular flexibility index (Phi) is 5.33. The van der Waals surface area contributed by atoms with Gasteiger partial charge in [0.05, 0.1) is 13.2 Å². The van der Waals surface area contributed by atoms with Crippen LogP contribution in [-0.2, 0) is 0 Å². The van der Waals surface area contributed by atoms with E-state index in [0.29, 0.717) is 16.9 Å². The fraction of sp³-hybridized carbons (Fsp3) is 0.250. The number of aliphatic hydroxyl groups is 1. The number of hydrogen-bond acceptors (Lipinski definition) is 3. The summed E-state index contributed by atoms with van der Waals surface area (Å²) in [4.78, 5) is 0. The van der Waals surface area contributed by atoms with Gasteiger partial charge in [-0.05, 0) is 35.4 Å². The summed E-state index contributed by atoms with van der Waals surface area (Å²) < 4.78 is 19.8. The third kappa shape index (κ3) is 3.43. The largest absolute Gasteiger partial charge is 0.497 e. The zero-order valence-corrected chi connectivity index (χ0v) is 13.2. The summed E-state index contributed by atoms with van der Waals surface area (Å²) >= 11 is 3.40. The molecule has 2 rings (SSSR count). The highest BCUT2D eigenvalue weighted by Crippen LogP contribution is 2.36. The van der Waals surface area contributed by atoms with Crippen LogP contribution in [0.5, 0.6) is 5.75 Å². The lowest BCUT2D eigenvalue weighted by Gasteiger charge is -2.24. The van der Waals surface area contributed by atoms with Gasteiger partial charge < -0.3 is 15.6 Å². The third-order valence-electron chi connectivity index (χ3n) is 3.46. The second-order valence-corrected chi connectivity index (χ2v) is 5.55. The molecule has 0 fully saturated rings. The molecule has 0 aliphatic heterocycles. The summed E-state index contributed by atoms with van der Waals surface area (Å²) in [5.74, 6) is -0.280. The zero-order chi connectivity index (χ0) is 15.4. The molecule has 0 aromatic heterocycles. The van der Waals surface area contributed by atoms with Crippen molar-refractivity contribution < 1.29 is 14.2 Å². The Bertz CT molecular complexity index is 621. The number of benzene rings is 2. The lowest BCUT2D eigenvalue weighted by molar-refractivity contribution is 0.144. The second-order valence-electron chi connectivity index (χ2n) is 4.70. The van der Waals surface area contributed by atoms with Gasteiger partial charge in [0, 0.05) is 16.9 Å². The summed E-state index contributed by atoms with van der Waals surface area (Å²) in [6.45, 7) is 0.131. The minimum atomic E-state index is -0.934. The summed E-state index contributed by atoms with van der Waals surface area (Å²) in [5, 5.41) is 10.6. The van der Waals surface area contributed by atoms with Gasteiger partial charge >= 0.3 is 0 Å². The van der Waals surface area contributed by atoms with Crippen LogP contribution in [0.4, 0.5) is 4.39 Å². The maximum Gasteiger partial charge on any atom is 0.126 e. The Morgan fingerprint density at radius 1 is 1.24 bits per heavy atom. The van der Waals surface area contributed by atoms with Gasteiger partial charge in [-0.2, -0.15) is 0 Å². The van der Waals surface area contributed by atoms with Crippen molar-refractivity contribution in [3.63, 3.8) is 0 Å². The van der Waals surface area contributed by atoms with Gasteiger partial charge in [0.15, 0.2) is 0 Å². The maximum atomic E-state index is 13.9. The molecule has 0 saturated heterocycles. The molecule has 0 saturated carbocycles. The average Bonchev–Trinajstić information content (AvgIpc) is 2.50. The molecule has 2 aromatic rings. The van der Waals surface area contributed by atoms with Crippen molar-refractivity contribution in [2.45, 2.75) is 12.0 Å². The van der Waals surface area contributed by atoms with Crippen molar-refractivity contribution >= 4 is 15.9 Å². The van der Waals surface area contributed by atoms with E-state index >= 15 is 0 Å². The summed E-state index contributed by atoms with van der Waals surface area (Å²) in [6, 6.07) is 11.6. The quantitative estimate of drug-likeness (QED) is 0.866. The number of hydrogen-bond donors (Lipinski definition) is 2. The minimum absolute atomic E-state index is 0.131. The van der Waals surface area contributed by atoms with Crippen molar-refractivity contribution in [1.82, 2.24) is 0 Å². The number of methoxy groups -OCH3 is 1. The molecule has 5 heteroatoms. The fourth-order valence-corrected chi connectivity index (χ4v) is 2.78. The Morgan fingerprint density at radius 3 is 2.57 bits per heavy atom. The van der Waals surface area contributed by atoms with Crippen LogP contribution in [0.3, 0.4) is 0 Å². The molecule has 3 nitrogen and oxygen atoms in total. The number of rotatable bonds is 5. The predicted molar refractivity (Wildman–Crippen MR) is 83.8 cm³/mol. The van der Waals surface area contributed by atoms with Crippen LogP contribution in [0.1, 0.15) is 23.1 Å². The minimum Gasteiger partial charge on any atom is -0.497 e. The van der Waals surface area contributed by atoms with Gasteiger partial charge in [-0.15, -0.1) is 0 Å². The van der Waals surface area contributed by atoms with Gasteiger partial charge in [0.2, 0.25) is 0 Å². The van der Waals surface area contributed by atoms with Gasteiger partial charge in [-0.1, -0.05) is 34.1 Å². The molecule has 21 heavy (non-hydrogen) atoms. The van der Waals surface area contributed by atoms with Crippen LogP contribution in [0.2, 0.25) is 0 Å². The summed E-state index contributed by atoms with van der Waals surface area (Å²) in [6.07, 6.45) is -0.934. The molecule has 0 aliphatic carbocycles. The molecule has 0 bridgehead atoms.